The Balaban J connectivity index is 2.06. The van der Waals surface area contributed by atoms with Crippen LogP contribution >= 0.6 is 23.2 Å². The van der Waals surface area contributed by atoms with Crippen molar-refractivity contribution in [3.8, 4) is 16.9 Å². The fourth-order valence-electron chi connectivity index (χ4n) is 2.58. The second-order valence-electron chi connectivity index (χ2n) is 5.69. The molecule has 0 aliphatic heterocycles. The van der Waals surface area contributed by atoms with Crippen LogP contribution in [-0.2, 0) is 10.0 Å². The number of ether oxygens (including phenoxy) is 1. The molecule has 8 heteroatoms. The number of methoxy groups -OCH3 is 1. The predicted octanol–water partition coefficient (Wildman–Crippen LogP) is 5.05. The van der Waals surface area contributed by atoms with Crippen molar-refractivity contribution in [2.24, 2.45) is 0 Å². The molecule has 0 saturated carbocycles. The van der Waals surface area contributed by atoms with Gasteiger partial charge in [-0.05, 0) is 35.4 Å². The molecule has 3 aromatic carbocycles. The smallest absolute Gasteiger partial charge is 0.264 e. The van der Waals surface area contributed by atoms with Gasteiger partial charge in [-0.1, -0.05) is 59.6 Å². The lowest BCUT2D eigenvalue weighted by Crippen LogP contribution is -2.15. The van der Waals surface area contributed by atoms with E-state index >= 15 is 0 Å². The zero-order valence-corrected chi connectivity index (χ0v) is 16.6. The second kappa shape index (κ2) is 7.68. The molecule has 3 rings (SSSR count). The molecule has 0 aromatic heterocycles. The molecular formula is C19H16Cl2N2O3S. The molecule has 0 aliphatic carbocycles. The summed E-state index contributed by atoms with van der Waals surface area (Å²) in [5.74, 6) is 0.366. The average molecular weight is 423 g/mol. The van der Waals surface area contributed by atoms with E-state index in [0.717, 1.165) is 11.1 Å². The summed E-state index contributed by atoms with van der Waals surface area (Å²) in [6, 6.07) is 17.4. The average Bonchev–Trinajstić information content (AvgIpc) is 2.65. The molecule has 0 unspecified atom stereocenters. The van der Waals surface area contributed by atoms with Crippen molar-refractivity contribution in [2.45, 2.75) is 4.90 Å². The van der Waals surface area contributed by atoms with Gasteiger partial charge in [0.1, 0.15) is 10.6 Å². The summed E-state index contributed by atoms with van der Waals surface area (Å²) < 4.78 is 33.6. The van der Waals surface area contributed by atoms with Gasteiger partial charge in [-0.3, -0.25) is 4.72 Å². The summed E-state index contributed by atoms with van der Waals surface area (Å²) in [7, 11) is -2.59. The highest BCUT2D eigenvalue weighted by Crippen LogP contribution is 2.35. The Bertz CT molecular complexity index is 1090. The summed E-state index contributed by atoms with van der Waals surface area (Å²) in [5, 5.41) is 0.229. The summed E-state index contributed by atoms with van der Waals surface area (Å²) >= 11 is 11.9. The van der Waals surface area contributed by atoms with Crippen LogP contribution in [0.1, 0.15) is 0 Å². The van der Waals surface area contributed by atoms with Gasteiger partial charge >= 0.3 is 0 Å². The molecule has 0 bridgehead atoms. The van der Waals surface area contributed by atoms with Crippen molar-refractivity contribution in [3.05, 3.63) is 70.7 Å². The van der Waals surface area contributed by atoms with Crippen molar-refractivity contribution < 1.29 is 13.2 Å². The van der Waals surface area contributed by atoms with E-state index in [1.807, 2.05) is 36.4 Å². The molecule has 0 radical (unpaired) electrons. The molecule has 140 valence electrons. The minimum Gasteiger partial charge on any atom is -0.495 e. The third kappa shape index (κ3) is 4.13. The minimum atomic E-state index is -4.04. The molecule has 3 aromatic rings. The SMILES string of the molecule is COc1ccc(-c2ccccc2)cc1NS(=O)(=O)c1cc(Cl)cc(Cl)c1N. The standard InChI is InChI=1S/C19H16Cl2N2O3S/c1-26-17-8-7-13(12-5-3-2-4-6-12)9-16(17)23-27(24,25)18-11-14(20)10-15(21)19(18)22/h2-11,23H,22H2,1H3. The molecular weight excluding hydrogens is 407 g/mol. The fourth-order valence-corrected chi connectivity index (χ4v) is 4.44. The summed E-state index contributed by atoms with van der Waals surface area (Å²) in [6.07, 6.45) is 0. The van der Waals surface area contributed by atoms with Crippen LogP contribution in [0.2, 0.25) is 10.0 Å². The topological polar surface area (TPSA) is 81.4 Å². The zero-order valence-electron chi connectivity index (χ0n) is 14.2. The van der Waals surface area contributed by atoms with Gasteiger partial charge in [0.2, 0.25) is 0 Å². The number of benzene rings is 3. The summed E-state index contributed by atoms with van der Waals surface area (Å²) in [6.45, 7) is 0. The second-order valence-corrected chi connectivity index (χ2v) is 8.18. The molecule has 0 atom stereocenters. The third-order valence-electron chi connectivity index (χ3n) is 3.90. The Morgan fingerprint density at radius 3 is 2.33 bits per heavy atom. The van der Waals surface area contributed by atoms with Crippen molar-refractivity contribution in [3.63, 3.8) is 0 Å². The first kappa shape index (κ1) is 19.4. The number of nitrogens with one attached hydrogen (secondary N) is 1. The van der Waals surface area contributed by atoms with Gasteiger partial charge in [-0.25, -0.2) is 8.42 Å². The summed E-state index contributed by atoms with van der Waals surface area (Å²) in [5.41, 5.74) is 7.80. The van der Waals surface area contributed by atoms with Gasteiger partial charge in [-0.2, -0.15) is 0 Å². The number of nitrogen functional groups attached to an aromatic ring is 1. The third-order valence-corrected chi connectivity index (χ3v) is 5.83. The van der Waals surface area contributed by atoms with Crippen molar-refractivity contribution >= 4 is 44.6 Å². The van der Waals surface area contributed by atoms with E-state index in [9.17, 15) is 8.42 Å². The van der Waals surface area contributed by atoms with Gasteiger partial charge in [0.25, 0.3) is 10.0 Å². The largest absolute Gasteiger partial charge is 0.495 e. The van der Waals surface area contributed by atoms with Crippen molar-refractivity contribution in [1.29, 1.82) is 0 Å². The van der Waals surface area contributed by atoms with E-state index < -0.39 is 10.0 Å². The Morgan fingerprint density at radius 2 is 1.67 bits per heavy atom. The normalized spacial score (nSPS) is 11.2. The molecule has 0 fully saturated rings. The lowest BCUT2D eigenvalue weighted by Gasteiger charge is -2.15. The van der Waals surface area contributed by atoms with Crippen LogP contribution in [0.3, 0.4) is 0 Å². The molecule has 3 N–H and O–H groups in total. The lowest BCUT2D eigenvalue weighted by molar-refractivity contribution is 0.417. The maximum Gasteiger partial charge on any atom is 0.264 e. The lowest BCUT2D eigenvalue weighted by atomic mass is 10.1. The Hall–Kier alpha value is -2.41. The van der Waals surface area contributed by atoms with E-state index in [2.05, 4.69) is 4.72 Å². The first-order chi connectivity index (χ1) is 12.8. The highest BCUT2D eigenvalue weighted by atomic mass is 35.5. The molecule has 0 aliphatic rings. The van der Waals surface area contributed by atoms with Crippen LogP contribution in [0.5, 0.6) is 5.75 Å². The zero-order chi connectivity index (χ0) is 19.6. The quantitative estimate of drug-likeness (QED) is 0.563. The molecule has 0 heterocycles. The number of hydrogen-bond donors (Lipinski definition) is 2. The Kier molecular flexibility index (Phi) is 5.51. The van der Waals surface area contributed by atoms with E-state index in [1.165, 1.54) is 19.2 Å². The van der Waals surface area contributed by atoms with Gasteiger partial charge in [0.05, 0.1) is 23.5 Å². The van der Waals surface area contributed by atoms with Gasteiger partial charge in [-0.15, -0.1) is 0 Å². The predicted molar refractivity (Wildman–Crippen MR) is 110 cm³/mol. The van der Waals surface area contributed by atoms with E-state index in [0.29, 0.717) is 5.75 Å². The number of hydrogen-bond acceptors (Lipinski definition) is 4. The van der Waals surface area contributed by atoms with Gasteiger partial charge in [0.15, 0.2) is 0 Å². The molecule has 0 saturated heterocycles. The first-order valence-corrected chi connectivity index (χ1v) is 10.1. The van der Waals surface area contributed by atoms with E-state index in [4.69, 9.17) is 33.7 Å². The van der Waals surface area contributed by atoms with Crippen LogP contribution in [0, 0.1) is 0 Å². The molecule has 0 spiro atoms. The van der Waals surface area contributed by atoms with Crippen LogP contribution in [-0.4, -0.2) is 15.5 Å². The maximum atomic E-state index is 12.9. The minimum absolute atomic E-state index is 0.0628. The maximum absolute atomic E-state index is 12.9. The number of anilines is 2. The molecule has 5 nitrogen and oxygen atoms in total. The van der Waals surface area contributed by atoms with Gasteiger partial charge < -0.3 is 10.5 Å². The Morgan fingerprint density at radius 1 is 0.963 bits per heavy atom. The summed E-state index contributed by atoms with van der Waals surface area (Å²) in [4.78, 5) is -0.202. The number of sulfonamides is 1. The Labute approximate surface area is 167 Å². The van der Waals surface area contributed by atoms with Crippen LogP contribution in [0.25, 0.3) is 11.1 Å². The highest BCUT2D eigenvalue weighted by molar-refractivity contribution is 7.93. The first-order valence-electron chi connectivity index (χ1n) is 7.82. The number of rotatable bonds is 5. The van der Waals surface area contributed by atoms with E-state index in [1.54, 1.807) is 12.1 Å². The van der Waals surface area contributed by atoms with Gasteiger partial charge in [0, 0.05) is 5.02 Å². The fraction of sp³-hybridized carbons (Fsp3) is 0.0526. The van der Waals surface area contributed by atoms with Crippen LogP contribution in [0.15, 0.2) is 65.6 Å². The highest BCUT2D eigenvalue weighted by Gasteiger charge is 2.22. The number of nitrogens with two attached hydrogens (primary N) is 1. The van der Waals surface area contributed by atoms with Crippen molar-refractivity contribution in [2.75, 3.05) is 17.6 Å². The van der Waals surface area contributed by atoms with Crippen LogP contribution < -0.4 is 15.2 Å². The van der Waals surface area contributed by atoms with E-state index in [-0.39, 0.29) is 26.3 Å². The monoisotopic (exact) mass is 422 g/mol. The van der Waals surface area contributed by atoms with Crippen LogP contribution in [0.4, 0.5) is 11.4 Å². The van der Waals surface area contributed by atoms with Crippen molar-refractivity contribution in [1.82, 2.24) is 0 Å². The molecule has 27 heavy (non-hydrogen) atoms. The number of halogens is 2. The molecule has 0 amide bonds.